The Balaban J connectivity index is 2.39. The average Bonchev–Trinajstić information content (AvgIpc) is 2.26. The van der Waals surface area contributed by atoms with Gasteiger partial charge in [0.05, 0.1) is 6.10 Å². The molecule has 0 unspecified atom stereocenters. The van der Waals surface area contributed by atoms with Gasteiger partial charge in [-0.1, -0.05) is 30.7 Å². The summed E-state index contributed by atoms with van der Waals surface area (Å²) in [6.45, 7) is 7.03. The zero-order chi connectivity index (χ0) is 12.8. The molecule has 0 saturated heterocycles. The van der Waals surface area contributed by atoms with Crippen LogP contribution in [0, 0.1) is 5.92 Å². The predicted molar refractivity (Wildman–Crippen MR) is 73.3 cm³/mol. The molecule has 0 aliphatic heterocycles. The van der Waals surface area contributed by atoms with Gasteiger partial charge >= 0.3 is 0 Å². The van der Waals surface area contributed by atoms with Gasteiger partial charge < -0.3 is 10.4 Å². The molecule has 0 amide bonds. The zero-order valence-corrected chi connectivity index (χ0v) is 11.5. The number of benzene rings is 1. The van der Waals surface area contributed by atoms with E-state index in [0.717, 1.165) is 18.0 Å². The van der Waals surface area contributed by atoms with Crippen molar-refractivity contribution in [1.82, 2.24) is 5.32 Å². The summed E-state index contributed by atoms with van der Waals surface area (Å²) in [6.07, 6.45) is 0.609. The van der Waals surface area contributed by atoms with Gasteiger partial charge in [0.1, 0.15) is 0 Å². The Kier molecular flexibility index (Phi) is 5.96. The first-order chi connectivity index (χ1) is 7.99. The standard InChI is InChI=1S/C14H22ClNO/c1-10(8-11(2)17)9-16-12(3)13-4-6-14(15)7-5-13/h4-7,10-12,16-17H,8-9H2,1-3H3/t10-,11-,12-/m0/s1. The largest absolute Gasteiger partial charge is 0.393 e. The molecule has 3 heteroatoms. The Labute approximate surface area is 109 Å². The number of aliphatic hydroxyl groups excluding tert-OH is 1. The SMILES string of the molecule is C[C@H](CN[C@@H](C)c1ccc(Cl)cc1)C[C@H](C)O. The number of nitrogens with one attached hydrogen (secondary N) is 1. The van der Waals surface area contributed by atoms with Gasteiger partial charge in [0.15, 0.2) is 0 Å². The molecule has 0 saturated carbocycles. The van der Waals surface area contributed by atoms with Crippen molar-refractivity contribution < 1.29 is 5.11 Å². The second-order valence-electron chi connectivity index (χ2n) is 4.87. The molecule has 0 radical (unpaired) electrons. The van der Waals surface area contributed by atoms with E-state index in [4.69, 9.17) is 11.6 Å². The van der Waals surface area contributed by atoms with Gasteiger partial charge in [0, 0.05) is 11.1 Å². The minimum Gasteiger partial charge on any atom is -0.393 e. The summed E-state index contributed by atoms with van der Waals surface area (Å²) in [6, 6.07) is 8.21. The molecule has 1 aromatic carbocycles. The fourth-order valence-electron chi connectivity index (χ4n) is 1.91. The number of hydrogen-bond acceptors (Lipinski definition) is 2. The third kappa shape index (κ3) is 5.53. The summed E-state index contributed by atoms with van der Waals surface area (Å²) in [5, 5.41) is 13.5. The maximum atomic E-state index is 9.29. The maximum absolute atomic E-state index is 9.29. The first-order valence-corrected chi connectivity index (χ1v) is 6.53. The summed E-state index contributed by atoms with van der Waals surface area (Å²) in [5.41, 5.74) is 1.23. The highest BCUT2D eigenvalue weighted by Crippen LogP contribution is 2.16. The molecule has 0 fully saturated rings. The Hall–Kier alpha value is -0.570. The van der Waals surface area contributed by atoms with Crippen LogP contribution in [-0.2, 0) is 0 Å². The van der Waals surface area contributed by atoms with Crippen LogP contribution in [0.25, 0.3) is 0 Å². The van der Waals surface area contributed by atoms with Crippen molar-refractivity contribution in [3.8, 4) is 0 Å². The minimum absolute atomic E-state index is 0.224. The summed E-state index contributed by atoms with van der Waals surface area (Å²) >= 11 is 5.85. The van der Waals surface area contributed by atoms with Gasteiger partial charge in [-0.25, -0.2) is 0 Å². The van der Waals surface area contributed by atoms with Crippen LogP contribution in [0.1, 0.15) is 38.8 Å². The lowest BCUT2D eigenvalue weighted by molar-refractivity contribution is 0.162. The van der Waals surface area contributed by atoms with Gasteiger partial charge in [0.25, 0.3) is 0 Å². The molecule has 0 aromatic heterocycles. The van der Waals surface area contributed by atoms with E-state index in [1.807, 2.05) is 31.2 Å². The van der Waals surface area contributed by atoms with Crippen LogP contribution in [0.5, 0.6) is 0 Å². The maximum Gasteiger partial charge on any atom is 0.0515 e. The van der Waals surface area contributed by atoms with Crippen LogP contribution >= 0.6 is 11.6 Å². The second kappa shape index (κ2) is 7.00. The Bertz CT molecular complexity index is 323. The molecule has 0 heterocycles. The van der Waals surface area contributed by atoms with Gasteiger partial charge in [-0.2, -0.15) is 0 Å². The van der Waals surface area contributed by atoms with Gasteiger partial charge in [-0.15, -0.1) is 0 Å². The molecule has 17 heavy (non-hydrogen) atoms. The summed E-state index contributed by atoms with van der Waals surface area (Å²) in [7, 11) is 0. The molecule has 0 spiro atoms. The molecule has 0 aliphatic rings. The molecule has 0 bridgehead atoms. The van der Waals surface area contributed by atoms with Crippen LogP contribution in [-0.4, -0.2) is 17.8 Å². The van der Waals surface area contributed by atoms with E-state index in [9.17, 15) is 5.11 Å². The van der Waals surface area contributed by atoms with E-state index >= 15 is 0 Å². The Morgan fingerprint density at radius 2 is 1.76 bits per heavy atom. The predicted octanol–water partition coefficient (Wildman–Crippen LogP) is 3.40. The number of halogens is 1. The van der Waals surface area contributed by atoms with Crippen LogP contribution in [0.3, 0.4) is 0 Å². The van der Waals surface area contributed by atoms with Crippen LogP contribution in [0.2, 0.25) is 5.02 Å². The Morgan fingerprint density at radius 3 is 2.29 bits per heavy atom. The highest BCUT2D eigenvalue weighted by atomic mass is 35.5. The first kappa shape index (κ1) is 14.5. The lowest BCUT2D eigenvalue weighted by atomic mass is 10.0. The fraction of sp³-hybridized carbons (Fsp3) is 0.571. The summed E-state index contributed by atoms with van der Waals surface area (Å²) < 4.78 is 0. The highest BCUT2D eigenvalue weighted by Gasteiger charge is 2.09. The second-order valence-corrected chi connectivity index (χ2v) is 5.31. The van der Waals surface area contributed by atoms with E-state index in [1.54, 1.807) is 0 Å². The van der Waals surface area contributed by atoms with E-state index < -0.39 is 0 Å². The van der Waals surface area contributed by atoms with Crippen LogP contribution in [0.4, 0.5) is 0 Å². The molecular formula is C14H22ClNO. The lowest BCUT2D eigenvalue weighted by Crippen LogP contribution is -2.26. The first-order valence-electron chi connectivity index (χ1n) is 6.16. The van der Waals surface area contributed by atoms with E-state index in [1.165, 1.54) is 5.56 Å². The van der Waals surface area contributed by atoms with E-state index in [-0.39, 0.29) is 6.10 Å². The molecule has 2 N–H and O–H groups in total. The third-order valence-electron chi connectivity index (χ3n) is 2.89. The van der Waals surface area contributed by atoms with Crippen molar-refractivity contribution >= 4 is 11.6 Å². The number of hydrogen-bond donors (Lipinski definition) is 2. The van der Waals surface area contributed by atoms with Crippen molar-refractivity contribution in [3.05, 3.63) is 34.9 Å². The van der Waals surface area contributed by atoms with Gasteiger partial charge in [-0.05, 0) is 50.4 Å². The lowest BCUT2D eigenvalue weighted by Gasteiger charge is -2.19. The smallest absolute Gasteiger partial charge is 0.0515 e. The normalized spacial score (nSPS) is 16.5. The van der Waals surface area contributed by atoms with Crippen LogP contribution in [0.15, 0.2) is 24.3 Å². The number of rotatable bonds is 6. The monoisotopic (exact) mass is 255 g/mol. The van der Waals surface area contributed by atoms with Crippen molar-refractivity contribution in [1.29, 1.82) is 0 Å². The molecular weight excluding hydrogens is 234 g/mol. The van der Waals surface area contributed by atoms with E-state index in [0.29, 0.717) is 12.0 Å². The molecule has 1 aromatic rings. The molecule has 2 nitrogen and oxygen atoms in total. The van der Waals surface area contributed by atoms with Gasteiger partial charge in [-0.3, -0.25) is 0 Å². The quantitative estimate of drug-likeness (QED) is 0.817. The molecule has 0 aliphatic carbocycles. The average molecular weight is 256 g/mol. The number of aliphatic hydroxyl groups is 1. The zero-order valence-electron chi connectivity index (χ0n) is 10.8. The molecule has 3 atom stereocenters. The summed E-state index contributed by atoms with van der Waals surface area (Å²) in [5.74, 6) is 0.477. The van der Waals surface area contributed by atoms with Crippen molar-refractivity contribution in [2.75, 3.05) is 6.54 Å². The van der Waals surface area contributed by atoms with Gasteiger partial charge in [0.2, 0.25) is 0 Å². The molecule has 96 valence electrons. The van der Waals surface area contributed by atoms with Crippen molar-refractivity contribution in [3.63, 3.8) is 0 Å². The third-order valence-corrected chi connectivity index (χ3v) is 3.14. The Morgan fingerprint density at radius 1 is 1.18 bits per heavy atom. The highest BCUT2D eigenvalue weighted by molar-refractivity contribution is 6.30. The van der Waals surface area contributed by atoms with Crippen LogP contribution < -0.4 is 5.32 Å². The minimum atomic E-state index is -0.224. The molecule has 1 rings (SSSR count). The van der Waals surface area contributed by atoms with E-state index in [2.05, 4.69) is 19.2 Å². The fourth-order valence-corrected chi connectivity index (χ4v) is 2.04. The topological polar surface area (TPSA) is 32.3 Å². The van der Waals surface area contributed by atoms with Crippen molar-refractivity contribution in [2.24, 2.45) is 5.92 Å². The summed E-state index contributed by atoms with van der Waals surface area (Å²) in [4.78, 5) is 0. The van der Waals surface area contributed by atoms with Crippen molar-refractivity contribution in [2.45, 2.75) is 39.3 Å².